The van der Waals surface area contributed by atoms with Gasteiger partial charge in [-0.15, -0.1) is 0 Å². The van der Waals surface area contributed by atoms with Crippen LogP contribution in [-0.4, -0.2) is 32.1 Å². The molecule has 0 aliphatic heterocycles. The lowest BCUT2D eigenvalue weighted by molar-refractivity contribution is -0.155. The molecule has 4 aromatic heterocycles. The maximum atomic E-state index is 12.7. The number of pyridine rings is 2. The molecule has 0 spiro atoms. The molecule has 2 N–H and O–H groups in total. The Balaban J connectivity index is 1.42. The second-order valence-electron chi connectivity index (χ2n) is 9.73. The van der Waals surface area contributed by atoms with Crippen molar-refractivity contribution in [3.05, 3.63) is 82.8 Å². The van der Waals surface area contributed by atoms with Gasteiger partial charge in [0.15, 0.2) is 11.4 Å². The molecule has 4 rings (SSSR count). The third kappa shape index (κ3) is 6.67. The second kappa shape index (κ2) is 10.7. The van der Waals surface area contributed by atoms with E-state index in [1.165, 1.54) is 12.1 Å². The zero-order valence-corrected chi connectivity index (χ0v) is 21.5. The number of nitrogens with one attached hydrogen (secondary N) is 2. The van der Waals surface area contributed by atoms with Crippen LogP contribution in [0.5, 0.6) is 0 Å². The normalized spacial score (nSPS) is 12.0. The molecule has 0 saturated carbocycles. The highest BCUT2D eigenvalue weighted by molar-refractivity contribution is 6.02. The van der Waals surface area contributed by atoms with Crippen LogP contribution >= 0.6 is 0 Å². The van der Waals surface area contributed by atoms with Crippen molar-refractivity contribution >= 4 is 23.5 Å². The minimum Gasteiger partial charge on any atom is -0.361 e. The number of amides is 2. The summed E-state index contributed by atoms with van der Waals surface area (Å²) in [6.07, 6.45) is -4.46. The fraction of sp³-hybridized carbons (Fsp3) is 0.308. The quantitative estimate of drug-likeness (QED) is 0.293. The SMILES string of the molecule is CC(C)c1cccc(NC(=O)c2cc(CC(C)(C)c3cccc(NC(=O)c4cc(C(F)(F)F)on4)n3)on2)n1. The molecular weight excluding hydrogens is 517 g/mol. The van der Waals surface area contributed by atoms with Crippen molar-refractivity contribution in [2.24, 2.45) is 0 Å². The molecule has 0 aromatic carbocycles. The molecule has 13 heteroatoms. The predicted molar refractivity (Wildman–Crippen MR) is 133 cm³/mol. The lowest BCUT2D eigenvalue weighted by atomic mass is 9.84. The number of hydrogen-bond donors (Lipinski definition) is 2. The smallest absolute Gasteiger partial charge is 0.361 e. The second-order valence-corrected chi connectivity index (χ2v) is 9.73. The standard InChI is InChI=1S/C26H25F3N6O4/c1-14(2)16-7-5-9-21(30-16)32-23(36)17-11-15(38-34-17)13-25(3,4)19-8-6-10-22(31-19)33-24(37)18-12-20(39-35-18)26(27,28)29/h5-12,14H,13H2,1-4H3,(H,30,32,36)(H,31,33,37). The molecule has 0 atom stereocenters. The van der Waals surface area contributed by atoms with Crippen LogP contribution in [0.2, 0.25) is 0 Å². The highest BCUT2D eigenvalue weighted by Crippen LogP contribution is 2.30. The summed E-state index contributed by atoms with van der Waals surface area (Å²) >= 11 is 0. The molecule has 0 radical (unpaired) electrons. The van der Waals surface area contributed by atoms with E-state index >= 15 is 0 Å². The number of rotatable bonds is 8. The molecule has 4 heterocycles. The van der Waals surface area contributed by atoms with Gasteiger partial charge in [-0.1, -0.05) is 50.1 Å². The van der Waals surface area contributed by atoms with Crippen molar-refractivity contribution in [2.45, 2.75) is 51.6 Å². The molecule has 204 valence electrons. The third-order valence-corrected chi connectivity index (χ3v) is 5.72. The Hall–Kier alpha value is -4.55. The van der Waals surface area contributed by atoms with E-state index in [1.807, 2.05) is 39.8 Å². The number of alkyl halides is 3. The number of halogens is 3. The number of nitrogens with zero attached hydrogens (tertiary/aromatic N) is 4. The average Bonchev–Trinajstić information content (AvgIpc) is 3.54. The van der Waals surface area contributed by atoms with Crippen LogP contribution in [0.15, 0.2) is 57.6 Å². The molecular formula is C26H25F3N6O4. The van der Waals surface area contributed by atoms with Gasteiger partial charge in [-0.2, -0.15) is 13.2 Å². The molecule has 0 aliphatic carbocycles. The van der Waals surface area contributed by atoms with E-state index in [9.17, 15) is 22.8 Å². The van der Waals surface area contributed by atoms with Gasteiger partial charge in [-0.25, -0.2) is 9.97 Å². The molecule has 0 fully saturated rings. The van der Waals surface area contributed by atoms with Gasteiger partial charge >= 0.3 is 6.18 Å². The number of aromatic nitrogens is 4. The van der Waals surface area contributed by atoms with Gasteiger partial charge in [0.2, 0.25) is 5.76 Å². The van der Waals surface area contributed by atoms with E-state index in [1.54, 1.807) is 18.2 Å². The lowest BCUT2D eigenvalue weighted by Gasteiger charge is -2.23. The van der Waals surface area contributed by atoms with Gasteiger partial charge in [-0.05, 0) is 30.2 Å². The molecule has 4 aromatic rings. The topological polar surface area (TPSA) is 136 Å². The van der Waals surface area contributed by atoms with E-state index in [4.69, 9.17) is 4.52 Å². The maximum absolute atomic E-state index is 12.7. The van der Waals surface area contributed by atoms with Crippen molar-refractivity contribution in [3.63, 3.8) is 0 Å². The van der Waals surface area contributed by atoms with Crippen LogP contribution in [0.1, 0.15) is 77.5 Å². The highest BCUT2D eigenvalue weighted by Gasteiger charge is 2.37. The summed E-state index contributed by atoms with van der Waals surface area (Å²) in [6.45, 7) is 7.75. The van der Waals surface area contributed by atoms with Gasteiger partial charge in [0, 0.05) is 35.4 Å². The zero-order valence-electron chi connectivity index (χ0n) is 21.5. The first-order valence-corrected chi connectivity index (χ1v) is 11.9. The lowest BCUT2D eigenvalue weighted by Crippen LogP contribution is -2.23. The Labute approximate surface area is 221 Å². The van der Waals surface area contributed by atoms with E-state index < -0.39 is 34.9 Å². The summed E-state index contributed by atoms with van der Waals surface area (Å²) in [4.78, 5) is 33.8. The van der Waals surface area contributed by atoms with Crippen molar-refractivity contribution in [2.75, 3.05) is 10.6 Å². The minimum absolute atomic E-state index is 0.0809. The highest BCUT2D eigenvalue weighted by atomic mass is 19.4. The molecule has 2 amide bonds. The van der Waals surface area contributed by atoms with Crippen LogP contribution < -0.4 is 10.6 Å². The molecule has 0 unspecified atom stereocenters. The van der Waals surface area contributed by atoms with E-state index in [2.05, 4.69) is 35.4 Å². The summed E-state index contributed by atoms with van der Waals surface area (Å²) in [6, 6.07) is 12.3. The number of anilines is 2. The fourth-order valence-corrected chi connectivity index (χ4v) is 3.63. The van der Waals surface area contributed by atoms with Crippen molar-refractivity contribution in [3.8, 4) is 0 Å². The Kier molecular flexibility index (Phi) is 7.52. The zero-order chi connectivity index (χ0) is 28.4. The molecule has 10 nitrogen and oxygen atoms in total. The third-order valence-electron chi connectivity index (χ3n) is 5.72. The number of carbonyl (C=O) groups excluding carboxylic acids is 2. The molecule has 0 aliphatic rings. The van der Waals surface area contributed by atoms with Crippen molar-refractivity contribution in [1.29, 1.82) is 0 Å². The molecule has 0 saturated heterocycles. The predicted octanol–water partition coefficient (Wildman–Crippen LogP) is 5.62. The monoisotopic (exact) mass is 542 g/mol. The Morgan fingerprint density at radius 3 is 2.08 bits per heavy atom. The maximum Gasteiger partial charge on any atom is 0.452 e. The number of carbonyl (C=O) groups is 2. The van der Waals surface area contributed by atoms with Crippen LogP contribution in [0, 0.1) is 0 Å². The van der Waals surface area contributed by atoms with Gasteiger partial charge in [0.05, 0.1) is 0 Å². The van der Waals surface area contributed by atoms with Crippen LogP contribution in [0.3, 0.4) is 0 Å². The Bertz CT molecular complexity index is 1490. The fourth-order valence-electron chi connectivity index (χ4n) is 3.63. The minimum atomic E-state index is -4.76. The Morgan fingerprint density at radius 2 is 1.46 bits per heavy atom. The van der Waals surface area contributed by atoms with E-state index in [0.29, 0.717) is 29.8 Å². The first kappa shape index (κ1) is 27.5. The van der Waals surface area contributed by atoms with E-state index in [-0.39, 0.29) is 17.4 Å². The summed E-state index contributed by atoms with van der Waals surface area (Å²) in [5.41, 5.74) is 0.296. The van der Waals surface area contributed by atoms with Crippen LogP contribution in [0.25, 0.3) is 0 Å². The van der Waals surface area contributed by atoms with Crippen molar-refractivity contribution in [1.82, 2.24) is 20.3 Å². The summed E-state index contributed by atoms with van der Waals surface area (Å²) in [7, 11) is 0. The van der Waals surface area contributed by atoms with Gasteiger partial charge < -0.3 is 19.7 Å². The summed E-state index contributed by atoms with van der Waals surface area (Å²) in [5, 5.41) is 12.2. The largest absolute Gasteiger partial charge is 0.452 e. The Morgan fingerprint density at radius 1 is 0.872 bits per heavy atom. The summed E-state index contributed by atoms with van der Waals surface area (Å²) in [5.74, 6) is -1.62. The average molecular weight is 543 g/mol. The molecule has 39 heavy (non-hydrogen) atoms. The number of hydrogen-bond acceptors (Lipinski definition) is 8. The molecule has 0 bridgehead atoms. The van der Waals surface area contributed by atoms with Crippen LogP contribution in [-0.2, 0) is 18.0 Å². The van der Waals surface area contributed by atoms with Crippen LogP contribution in [0.4, 0.5) is 24.8 Å². The van der Waals surface area contributed by atoms with E-state index in [0.717, 1.165) is 5.69 Å². The van der Waals surface area contributed by atoms with Gasteiger partial charge in [0.1, 0.15) is 17.4 Å². The van der Waals surface area contributed by atoms with Gasteiger partial charge in [-0.3, -0.25) is 9.59 Å². The van der Waals surface area contributed by atoms with Gasteiger partial charge in [0.25, 0.3) is 11.8 Å². The van der Waals surface area contributed by atoms with Crippen molar-refractivity contribution < 1.29 is 31.8 Å². The first-order valence-electron chi connectivity index (χ1n) is 11.9. The summed E-state index contributed by atoms with van der Waals surface area (Å²) < 4.78 is 47.8. The first-order chi connectivity index (χ1) is 18.3.